The number of rotatable bonds is 0. The molecule has 2 aromatic rings. The number of dihydropyridines is 2. The van der Waals surface area contributed by atoms with Gasteiger partial charge in [0.15, 0.2) is 0 Å². The van der Waals surface area contributed by atoms with Crippen LogP contribution in [0.25, 0.3) is 27.5 Å². The second kappa shape index (κ2) is 7.05. The molecule has 5 heterocycles. The van der Waals surface area contributed by atoms with Crippen LogP contribution in [-0.2, 0) is 0 Å². The van der Waals surface area contributed by atoms with Gasteiger partial charge in [0.05, 0.1) is 46.4 Å². The van der Waals surface area contributed by atoms with Crippen molar-refractivity contribution in [2.75, 3.05) is 0 Å². The van der Waals surface area contributed by atoms with Crippen LogP contribution in [0.15, 0.2) is 84.2 Å². The zero-order valence-electron chi connectivity index (χ0n) is 15.7. The molecule has 6 nitrogen and oxygen atoms in total. The van der Waals surface area contributed by atoms with Crippen molar-refractivity contribution in [1.82, 2.24) is 20.6 Å². The minimum atomic E-state index is 0.423. The molecular weight excluding hydrogens is 372 g/mol. The molecule has 2 N–H and O–H groups in total. The lowest BCUT2D eigenvalue weighted by Gasteiger charge is -2.20. The number of allylic oxidation sites excluding steroid dienone is 7. The van der Waals surface area contributed by atoms with Gasteiger partial charge >= 0.3 is 0 Å². The first-order valence-corrected chi connectivity index (χ1v) is 9.29. The molecule has 0 amide bonds. The Labute approximate surface area is 173 Å². The van der Waals surface area contributed by atoms with Crippen LogP contribution in [0.2, 0.25) is 0 Å². The van der Waals surface area contributed by atoms with Gasteiger partial charge in [-0.2, -0.15) is 5.26 Å². The van der Waals surface area contributed by atoms with Crippen molar-refractivity contribution in [3.63, 3.8) is 0 Å². The molecule has 30 heavy (non-hydrogen) atoms. The average Bonchev–Trinajstić information content (AvgIpc) is 2.81. The van der Waals surface area contributed by atoms with Crippen molar-refractivity contribution < 1.29 is 0 Å². The van der Waals surface area contributed by atoms with E-state index in [4.69, 9.17) is 16.5 Å². The molecule has 0 radical (unpaired) electrons. The number of nitrogens with zero attached hydrogens (tertiary/aromatic N) is 4. The van der Waals surface area contributed by atoms with E-state index < -0.39 is 0 Å². The molecule has 8 bridgehead atoms. The van der Waals surface area contributed by atoms with Crippen LogP contribution in [0.5, 0.6) is 0 Å². The zero-order valence-corrected chi connectivity index (χ0v) is 15.7. The second-order valence-corrected chi connectivity index (χ2v) is 6.72. The topological polar surface area (TPSA) is 78.0 Å². The van der Waals surface area contributed by atoms with Crippen LogP contribution in [0.4, 0.5) is 0 Å². The minimum absolute atomic E-state index is 0.423. The number of hydrogen-bond donors (Lipinski definition) is 2. The maximum Gasteiger partial charge on any atom is 0.234 e. The third-order valence-corrected chi connectivity index (χ3v) is 4.89. The van der Waals surface area contributed by atoms with Crippen molar-refractivity contribution in [3.05, 3.63) is 118 Å². The van der Waals surface area contributed by atoms with Crippen molar-refractivity contribution in [2.24, 2.45) is 0 Å². The van der Waals surface area contributed by atoms with Crippen LogP contribution in [0.3, 0.4) is 0 Å². The summed E-state index contributed by atoms with van der Waals surface area (Å²) in [6, 6.07) is 13.4. The summed E-state index contributed by atoms with van der Waals surface area (Å²) in [7, 11) is 0. The Morgan fingerprint density at radius 2 is 1.37 bits per heavy atom. The first-order chi connectivity index (χ1) is 14.8. The number of aromatic nitrogens is 2. The zero-order chi connectivity index (χ0) is 20.5. The molecule has 140 valence electrons. The third kappa shape index (κ3) is 2.90. The van der Waals surface area contributed by atoms with Crippen molar-refractivity contribution in [3.8, 4) is 6.07 Å². The number of hydrogen-bond acceptors (Lipinski definition) is 5. The second-order valence-electron chi connectivity index (χ2n) is 6.72. The maximum atomic E-state index is 9.87. The summed E-state index contributed by atoms with van der Waals surface area (Å²) in [4.78, 5) is 13.2. The molecule has 0 fully saturated rings. The van der Waals surface area contributed by atoms with E-state index in [0.717, 1.165) is 11.4 Å². The van der Waals surface area contributed by atoms with E-state index in [1.807, 2.05) is 72.9 Å². The fraction of sp³-hybridized carbons (Fsp3) is 0. The van der Waals surface area contributed by atoms with Crippen molar-refractivity contribution in [2.45, 2.75) is 0 Å². The normalized spacial score (nSPS) is 16.3. The fourth-order valence-corrected chi connectivity index (χ4v) is 3.47. The molecular formula is C24H14N6. The quantitative estimate of drug-likeness (QED) is 0.669. The molecule has 0 saturated heterocycles. The van der Waals surface area contributed by atoms with E-state index in [1.165, 1.54) is 0 Å². The summed E-state index contributed by atoms with van der Waals surface area (Å²) in [6.45, 7) is 7.74. The molecule has 6 heteroatoms. The van der Waals surface area contributed by atoms with Crippen LogP contribution in [0.1, 0.15) is 22.8 Å². The Morgan fingerprint density at radius 1 is 0.800 bits per heavy atom. The van der Waals surface area contributed by atoms with Crippen molar-refractivity contribution >= 4 is 22.7 Å². The summed E-state index contributed by atoms with van der Waals surface area (Å²) >= 11 is 0. The van der Waals surface area contributed by atoms with Crippen molar-refractivity contribution in [1.29, 1.82) is 5.26 Å². The van der Waals surface area contributed by atoms with Crippen LogP contribution < -0.4 is 10.6 Å². The minimum Gasteiger partial charge on any atom is -0.363 e. The monoisotopic (exact) mass is 386 g/mol. The Bertz CT molecular complexity index is 1250. The first-order valence-electron chi connectivity index (χ1n) is 9.29. The highest BCUT2D eigenvalue weighted by Crippen LogP contribution is 2.28. The van der Waals surface area contributed by atoms with E-state index in [2.05, 4.69) is 21.5 Å². The predicted molar refractivity (Wildman–Crippen MR) is 115 cm³/mol. The Morgan fingerprint density at radius 3 is 2.03 bits per heavy atom. The van der Waals surface area contributed by atoms with Gasteiger partial charge in [-0.1, -0.05) is 24.3 Å². The van der Waals surface area contributed by atoms with Gasteiger partial charge in [0, 0.05) is 5.70 Å². The number of nitriles is 1. The van der Waals surface area contributed by atoms with Gasteiger partial charge in [0.25, 0.3) is 0 Å². The highest BCUT2D eigenvalue weighted by atomic mass is 15.0. The van der Waals surface area contributed by atoms with Gasteiger partial charge in [-0.05, 0) is 48.6 Å². The molecule has 0 aliphatic carbocycles. The highest BCUT2D eigenvalue weighted by molar-refractivity contribution is 5.84. The Kier molecular flexibility index (Phi) is 4.09. The summed E-state index contributed by atoms with van der Waals surface area (Å²) in [6.07, 6.45) is 11.2. The molecule has 0 atom stereocenters. The largest absolute Gasteiger partial charge is 0.363 e. The van der Waals surface area contributed by atoms with E-state index in [9.17, 15) is 5.26 Å². The summed E-state index contributed by atoms with van der Waals surface area (Å²) in [5.74, 6) is 0. The SMILES string of the molecule is [C-]#[N+]C1=C2C=CC=C(N2)c2cccc(n2)C(C#N)=C2C=CC=C(N2)c2cccc1n2. The van der Waals surface area contributed by atoms with Gasteiger partial charge in [-0.25, -0.2) is 9.83 Å². The number of nitrogens with one attached hydrogen (secondary N) is 2. The van der Waals surface area contributed by atoms with E-state index in [-0.39, 0.29) is 0 Å². The summed E-state index contributed by atoms with van der Waals surface area (Å²) in [5, 5.41) is 16.5. The molecule has 3 aliphatic rings. The Hall–Kier alpha value is -4.68. The van der Waals surface area contributed by atoms with Crippen LogP contribution >= 0.6 is 0 Å². The lowest BCUT2D eigenvalue weighted by molar-refractivity contribution is 1.06. The molecule has 5 rings (SSSR count). The van der Waals surface area contributed by atoms with Gasteiger partial charge in [0.1, 0.15) is 11.6 Å². The van der Waals surface area contributed by atoms with E-state index in [0.29, 0.717) is 45.4 Å². The maximum absolute atomic E-state index is 9.87. The third-order valence-electron chi connectivity index (χ3n) is 4.89. The molecule has 0 spiro atoms. The van der Waals surface area contributed by atoms with Crippen LogP contribution in [0, 0.1) is 17.9 Å². The predicted octanol–water partition coefficient (Wildman–Crippen LogP) is 4.01. The summed E-state index contributed by atoms with van der Waals surface area (Å²) in [5.41, 5.74) is 6.16. The molecule has 2 aromatic heterocycles. The van der Waals surface area contributed by atoms with Gasteiger partial charge in [-0.3, -0.25) is 4.98 Å². The highest BCUT2D eigenvalue weighted by Gasteiger charge is 2.19. The van der Waals surface area contributed by atoms with Gasteiger partial charge < -0.3 is 10.6 Å². The van der Waals surface area contributed by atoms with Gasteiger partial charge in [0.2, 0.25) is 5.70 Å². The molecule has 3 aliphatic heterocycles. The number of pyridine rings is 2. The van der Waals surface area contributed by atoms with Crippen LogP contribution in [-0.4, -0.2) is 9.97 Å². The molecule has 0 saturated carbocycles. The first kappa shape index (κ1) is 17.4. The summed E-state index contributed by atoms with van der Waals surface area (Å²) < 4.78 is 0. The molecule has 0 aromatic carbocycles. The standard InChI is InChI=1S/C24H14N6/c1-26-24-22-12-4-10-20(29-22)18-8-2-6-16(27-18)15(14-25)17-7-3-9-19(28-17)21-11-5-13-23(24)30-21/h2-13,27,30H. The average molecular weight is 386 g/mol. The molecule has 0 unspecified atom stereocenters. The van der Waals surface area contributed by atoms with E-state index >= 15 is 0 Å². The lowest BCUT2D eigenvalue weighted by atomic mass is 10.0. The Balaban J connectivity index is 1.81. The fourth-order valence-electron chi connectivity index (χ4n) is 3.47. The smallest absolute Gasteiger partial charge is 0.234 e. The van der Waals surface area contributed by atoms with Gasteiger partial charge in [-0.15, -0.1) is 0 Å². The lowest BCUT2D eigenvalue weighted by Crippen LogP contribution is -2.18. The van der Waals surface area contributed by atoms with E-state index in [1.54, 1.807) is 0 Å². The number of fused-ring (bicyclic) bond motifs is 10.